The maximum Gasteiger partial charge on any atom is 0.119 e. The van der Waals surface area contributed by atoms with Crippen LogP contribution >= 0.6 is 0 Å². The van der Waals surface area contributed by atoms with E-state index in [1.807, 2.05) is 30.3 Å². The van der Waals surface area contributed by atoms with Crippen LogP contribution in [-0.4, -0.2) is 59.5 Å². The second kappa shape index (κ2) is 27.4. The van der Waals surface area contributed by atoms with Crippen LogP contribution in [0, 0.1) is 0 Å². The molecule has 5 heteroatoms. The smallest absolute Gasteiger partial charge is 0.119 e. The molecule has 0 amide bonds. The van der Waals surface area contributed by atoms with Crippen LogP contribution < -0.4 is 4.74 Å². The summed E-state index contributed by atoms with van der Waals surface area (Å²) < 4.78 is 27.8. The molecule has 0 atom stereocenters. The summed E-state index contributed by atoms with van der Waals surface area (Å²) in [6.07, 6.45) is 19.4. The number of rotatable bonds is 28. The largest absolute Gasteiger partial charge is 0.491 e. The molecule has 0 aromatic heterocycles. The van der Waals surface area contributed by atoms with Crippen molar-refractivity contribution in [2.24, 2.45) is 0 Å². The minimum atomic E-state index is 0.548. The molecule has 0 N–H and O–H groups in total. The first-order valence-corrected chi connectivity index (χ1v) is 14.4. The molecule has 0 spiro atoms. The summed E-state index contributed by atoms with van der Waals surface area (Å²) in [5.74, 6) is 0.869. The van der Waals surface area contributed by atoms with Gasteiger partial charge in [0.05, 0.1) is 46.2 Å². The number of hydrogen-bond donors (Lipinski definition) is 0. The van der Waals surface area contributed by atoms with Crippen molar-refractivity contribution in [2.45, 2.75) is 96.8 Å². The van der Waals surface area contributed by atoms with Crippen LogP contribution in [0.15, 0.2) is 30.3 Å². The van der Waals surface area contributed by atoms with E-state index >= 15 is 0 Å². The lowest BCUT2D eigenvalue weighted by Crippen LogP contribution is -2.13. The number of unbranched alkanes of at least 4 members (excludes halogenated alkanes) is 13. The average Bonchev–Trinajstić information content (AvgIpc) is 2.89. The van der Waals surface area contributed by atoms with Crippen LogP contribution in [0.5, 0.6) is 5.75 Å². The molecule has 0 radical (unpaired) electrons. The molecule has 0 fully saturated rings. The second-order valence-corrected chi connectivity index (χ2v) is 9.21. The van der Waals surface area contributed by atoms with Crippen molar-refractivity contribution < 1.29 is 23.7 Å². The standard InChI is InChI=1S/C30H54O5/c1-2-3-4-5-6-7-8-9-10-11-12-13-14-18-21-31-22-23-32-24-25-33-26-27-34-28-29-35-30-19-16-15-17-20-30/h15-17,19-20H,2-14,18,21-29H2,1H3. The average molecular weight is 495 g/mol. The van der Waals surface area contributed by atoms with Gasteiger partial charge in [0.2, 0.25) is 0 Å². The molecule has 1 rings (SSSR count). The van der Waals surface area contributed by atoms with Gasteiger partial charge in [-0.15, -0.1) is 0 Å². The topological polar surface area (TPSA) is 46.2 Å². The van der Waals surface area contributed by atoms with E-state index in [0.717, 1.165) is 18.8 Å². The molecule has 35 heavy (non-hydrogen) atoms. The fraction of sp³-hybridized carbons (Fsp3) is 0.800. The van der Waals surface area contributed by atoms with Gasteiger partial charge in [-0.25, -0.2) is 0 Å². The first-order chi connectivity index (χ1) is 17.4. The van der Waals surface area contributed by atoms with Crippen molar-refractivity contribution >= 4 is 0 Å². The van der Waals surface area contributed by atoms with E-state index in [-0.39, 0.29) is 0 Å². The molecular formula is C30H54O5. The van der Waals surface area contributed by atoms with Crippen LogP contribution in [0.2, 0.25) is 0 Å². The molecule has 0 aliphatic heterocycles. The van der Waals surface area contributed by atoms with Crippen molar-refractivity contribution in [3.8, 4) is 5.75 Å². The van der Waals surface area contributed by atoms with Gasteiger partial charge in [0.1, 0.15) is 12.4 Å². The van der Waals surface area contributed by atoms with E-state index in [4.69, 9.17) is 23.7 Å². The van der Waals surface area contributed by atoms with Crippen LogP contribution in [0.25, 0.3) is 0 Å². The van der Waals surface area contributed by atoms with E-state index in [1.165, 1.54) is 83.5 Å². The summed E-state index contributed by atoms with van der Waals surface area (Å²) in [5.41, 5.74) is 0. The lowest BCUT2D eigenvalue weighted by atomic mass is 10.0. The normalized spacial score (nSPS) is 11.2. The minimum absolute atomic E-state index is 0.548. The van der Waals surface area contributed by atoms with E-state index in [9.17, 15) is 0 Å². The first kappa shape index (κ1) is 31.9. The van der Waals surface area contributed by atoms with E-state index in [0.29, 0.717) is 52.9 Å². The van der Waals surface area contributed by atoms with E-state index < -0.39 is 0 Å². The molecule has 0 bridgehead atoms. The van der Waals surface area contributed by atoms with Gasteiger partial charge in [-0.1, -0.05) is 109 Å². The molecule has 0 unspecified atom stereocenters. The number of benzene rings is 1. The zero-order valence-electron chi connectivity index (χ0n) is 22.7. The van der Waals surface area contributed by atoms with E-state index in [1.54, 1.807) is 0 Å². The van der Waals surface area contributed by atoms with Crippen LogP contribution in [-0.2, 0) is 18.9 Å². The number of para-hydroxylation sites is 1. The predicted molar refractivity (Wildman–Crippen MR) is 146 cm³/mol. The molecule has 0 aliphatic carbocycles. The highest BCUT2D eigenvalue weighted by atomic mass is 16.6. The SMILES string of the molecule is CCCCCCCCCCCCCCCCOCCOCCOCCOCCOc1ccccc1. The van der Waals surface area contributed by atoms with Gasteiger partial charge in [-0.2, -0.15) is 0 Å². The van der Waals surface area contributed by atoms with Crippen LogP contribution in [0.3, 0.4) is 0 Å². The van der Waals surface area contributed by atoms with Gasteiger partial charge < -0.3 is 23.7 Å². The molecule has 204 valence electrons. The zero-order chi connectivity index (χ0) is 24.9. The Kier molecular flexibility index (Phi) is 25.0. The summed E-state index contributed by atoms with van der Waals surface area (Å²) >= 11 is 0. The van der Waals surface area contributed by atoms with Gasteiger partial charge in [-0.05, 0) is 18.6 Å². The van der Waals surface area contributed by atoms with Gasteiger partial charge in [-0.3, -0.25) is 0 Å². The monoisotopic (exact) mass is 494 g/mol. The maximum absolute atomic E-state index is 5.66. The highest BCUT2D eigenvalue weighted by molar-refractivity contribution is 5.20. The summed E-state index contributed by atoms with van der Waals surface area (Å²) in [4.78, 5) is 0. The van der Waals surface area contributed by atoms with Gasteiger partial charge in [0, 0.05) is 6.61 Å². The molecule has 0 aliphatic rings. The summed E-state index contributed by atoms with van der Waals surface area (Å²) in [6.45, 7) is 7.87. The van der Waals surface area contributed by atoms with Crippen LogP contribution in [0.4, 0.5) is 0 Å². The van der Waals surface area contributed by atoms with Gasteiger partial charge in [0.15, 0.2) is 0 Å². The molecule has 0 heterocycles. The second-order valence-electron chi connectivity index (χ2n) is 9.21. The Morgan fingerprint density at radius 2 is 0.771 bits per heavy atom. The lowest BCUT2D eigenvalue weighted by Gasteiger charge is -2.08. The number of ether oxygens (including phenoxy) is 5. The van der Waals surface area contributed by atoms with Gasteiger partial charge in [0.25, 0.3) is 0 Å². The lowest BCUT2D eigenvalue weighted by molar-refractivity contribution is -0.00487. The highest BCUT2D eigenvalue weighted by Crippen LogP contribution is 2.13. The van der Waals surface area contributed by atoms with Crippen molar-refractivity contribution in [3.63, 3.8) is 0 Å². The Hall–Kier alpha value is -1.14. The fourth-order valence-electron chi connectivity index (χ4n) is 3.90. The molecular weight excluding hydrogens is 440 g/mol. The maximum atomic E-state index is 5.66. The van der Waals surface area contributed by atoms with Crippen molar-refractivity contribution in [2.75, 3.05) is 59.5 Å². The van der Waals surface area contributed by atoms with Gasteiger partial charge >= 0.3 is 0 Å². The summed E-state index contributed by atoms with van der Waals surface area (Å²) in [6, 6.07) is 9.76. The molecule has 5 nitrogen and oxygen atoms in total. The Bertz CT molecular complexity index is 511. The molecule has 0 saturated heterocycles. The third-order valence-corrected chi connectivity index (χ3v) is 6.00. The molecule has 0 saturated carbocycles. The highest BCUT2D eigenvalue weighted by Gasteiger charge is 1.96. The fourth-order valence-corrected chi connectivity index (χ4v) is 3.90. The predicted octanol–water partition coefficient (Wildman–Crippen LogP) is 7.61. The number of hydrogen-bond acceptors (Lipinski definition) is 5. The molecule has 1 aromatic rings. The van der Waals surface area contributed by atoms with Crippen LogP contribution in [0.1, 0.15) is 96.8 Å². The summed E-state index contributed by atoms with van der Waals surface area (Å²) in [7, 11) is 0. The molecule has 1 aromatic carbocycles. The minimum Gasteiger partial charge on any atom is -0.491 e. The van der Waals surface area contributed by atoms with Crippen molar-refractivity contribution in [3.05, 3.63) is 30.3 Å². The Labute approximate surface area is 216 Å². The summed E-state index contributed by atoms with van der Waals surface area (Å²) in [5, 5.41) is 0. The van der Waals surface area contributed by atoms with E-state index in [2.05, 4.69) is 6.92 Å². The first-order valence-electron chi connectivity index (χ1n) is 14.4. The Morgan fingerprint density at radius 3 is 1.23 bits per heavy atom. The Balaban J connectivity index is 1.63. The Morgan fingerprint density at radius 1 is 0.400 bits per heavy atom. The quantitative estimate of drug-likeness (QED) is 0.112. The third kappa shape index (κ3) is 24.3. The third-order valence-electron chi connectivity index (χ3n) is 6.00. The zero-order valence-corrected chi connectivity index (χ0v) is 22.7. The van der Waals surface area contributed by atoms with Crippen molar-refractivity contribution in [1.82, 2.24) is 0 Å². The van der Waals surface area contributed by atoms with Crippen molar-refractivity contribution in [1.29, 1.82) is 0 Å².